The molecule has 0 aromatic heterocycles. The van der Waals surface area contributed by atoms with Crippen LogP contribution >= 0.6 is 11.6 Å². The highest BCUT2D eigenvalue weighted by Gasteiger charge is 2.29. The summed E-state index contributed by atoms with van der Waals surface area (Å²) in [5, 5.41) is 0.710. The number of benzene rings is 3. The van der Waals surface area contributed by atoms with Gasteiger partial charge in [0.2, 0.25) is 5.91 Å². The fourth-order valence-corrected chi connectivity index (χ4v) is 5.74. The van der Waals surface area contributed by atoms with Gasteiger partial charge in [-0.3, -0.25) is 4.79 Å². The van der Waals surface area contributed by atoms with E-state index in [0.29, 0.717) is 31.0 Å². The maximum Gasteiger partial charge on any atom is 0.227 e. The van der Waals surface area contributed by atoms with Crippen molar-refractivity contribution in [3.63, 3.8) is 0 Å². The molecular weight excluding hydrogens is 468 g/mol. The van der Waals surface area contributed by atoms with Crippen molar-refractivity contribution in [3.05, 3.63) is 94.5 Å². The highest BCUT2D eigenvalue weighted by Crippen LogP contribution is 2.41. The number of hydrogen-bond donors (Lipinski definition) is 0. The number of likely N-dealkylation sites (tertiary alicyclic amines) is 1. The topological polar surface area (TPSA) is 32.8 Å². The fraction of sp³-hybridized carbons (Fsp3) is 0.387. The average molecular weight is 503 g/mol. The molecular formula is C31H35ClN2O2. The Hall–Kier alpha value is -2.82. The Labute approximate surface area is 219 Å². The SMILES string of the molecule is O=C1CCc2c(Cl)ccc(OCCCN3CCC(Cc4ccccc4)CC3)c2N1Cc1ccccc1. The van der Waals surface area contributed by atoms with E-state index in [2.05, 4.69) is 47.4 Å². The molecule has 1 fully saturated rings. The number of rotatable bonds is 9. The van der Waals surface area contributed by atoms with E-state index in [9.17, 15) is 4.79 Å². The second-order valence-corrected chi connectivity index (χ2v) is 10.4. The van der Waals surface area contributed by atoms with Gasteiger partial charge in [-0.05, 0) is 79.9 Å². The van der Waals surface area contributed by atoms with Crippen molar-refractivity contribution in [2.24, 2.45) is 5.92 Å². The van der Waals surface area contributed by atoms with E-state index >= 15 is 0 Å². The van der Waals surface area contributed by atoms with Gasteiger partial charge in [-0.15, -0.1) is 0 Å². The van der Waals surface area contributed by atoms with Gasteiger partial charge in [0.15, 0.2) is 0 Å². The number of fused-ring (bicyclic) bond motifs is 1. The molecule has 2 heterocycles. The first-order valence-electron chi connectivity index (χ1n) is 13.2. The van der Waals surface area contributed by atoms with Crippen LogP contribution in [0.15, 0.2) is 72.8 Å². The van der Waals surface area contributed by atoms with Gasteiger partial charge in [-0.25, -0.2) is 0 Å². The van der Waals surface area contributed by atoms with Crippen molar-refractivity contribution in [2.45, 2.75) is 45.1 Å². The molecule has 5 rings (SSSR count). The number of hydrogen-bond acceptors (Lipinski definition) is 3. The lowest BCUT2D eigenvalue weighted by Gasteiger charge is -2.33. The fourth-order valence-electron chi connectivity index (χ4n) is 5.50. The molecule has 1 saturated heterocycles. The van der Waals surface area contributed by atoms with Crippen LogP contribution in [0.1, 0.15) is 42.4 Å². The van der Waals surface area contributed by atoms with Gasteiger partial charge in [-0.1, -0.05) is 72.3 Å². The van der Waals surface area contributed by atoms with Crippen LogP contribution in [-0.4, -0.2) is 37.0 Å². The van der Waals surface area contributed by atoms with Crippen molar-refractivity contribution < 1.29 is 9.53 Å². The van der Waals surface area contributed by atoms with Crippen molar-refractivity contribution >= 4 is 23.2 Å². The van der Waals surface area contributed by atoms with E-state index in [1.165, 1.54) is 24.8 Å². The minimum atomic E-state index is 0.122. The predicted octanol–water partition coefficient (Wildman–Crippen LogP) is 6.54. The first kappa shape index (κ1) is 24.9. The predicted molar refractivity (Wildman–Crippen MR) is 147 cm³/mol. The van der Waals surface area contributed by atoms with Crippen molar-refractivity contribution in [2.75, 3.05) is 31.1 Å². The van der Waals surface area contributed by atoms with Crippen LogP contribution in [0.4, 0.5) is 5.69 Å². The van der Waals surface area contributed by atoms with Crippen LogP contribution in [0.3, 0.4) is 0 Å². The Kier molecular flexibility index (Phi) is 8.25. The number of halogens is 1. The van der Waals surface area contributed by atoms with E-state index in [4.69, 9.17) is 16.3 Å². The third kappa shape index (κ3) is 6.11. The molecule has 1 amide bonds. The zero-order valence-electron chi connectivity index (χ0n) is 20.9. The van der Waals surface area contributed by atoms with Crippen LogP contribution in [0, 0.1) is 5.92 Å². The minimum absolute atomic E-state index is 0.122. The molecule has 5 heteroatoms. The number of anilines is 1. The lowest BCUT2D eigenvalue weighted by Crippen LogP contribution is -2.36. The quantitative estimate of drug-likeness (QED) is 0.311. The highest BCUT2D eigenvalue weighted by molar-refractivity contribution is 6.32. The molecule has 0 radical (unpaired) electrons. The Morgan fingerprint density at radius 1 is 0.861 bits per heavy atom. The second kappa shape index (κ2) is 11.9. The van der Waals surface area contributed by atoms with E-state index in [1.807, 2.05) is 35.2 Å². The van der Waals surface area contributed by atoms with Crippen LogP contribution in [0.25, 0.3) is 0 Å². The van der Waals surface area contributed by atoms with Gasteiger partial charge in [-0.2, -0.15) is 0 Å². The molecule has 36 heavy (non-hydrogen) atoms. The smallest absolute Gasteiger partial charge is 0.227 e. The lowest BCUT2D eigenvalue weighted by molar-refractivity contribution is -0.119. The van der Waals surface area contributed by atoms with Crippen molar-refractivity contribution in [3.8, 4) is 5.75 Å². The van der Waals surface area contributed by atoms with Crippen LogP contribution < -0.4 is 9.64 Å². The number of carbonyl (C=O) groups is 1. The van der Waals surface area contributed by atoms with Gasteiger partial charge in [0.1, 0.15) is 5.75 Å². The third-order valence-corrected chi connectivity index (χ3v) is 7.84. The lowest BCUT2D eigenvalue weighted by atomic mass is 9.90. The maximum absolute atomic E-state index is 12.9. The number of amides is 1. The van der Waals surface area contributed by atoms with Gasteiger partial charge in [0, 0.05) is 18.0 Å². The highest BCUT2D eigenvalue weighted by atomic mass is 35.5. The van der Waals surface area contributed by atoms with E-state index in [0.717, 1.165) is 54.5 Å². The number of ether oxygens (including phenoxy) is 1. The van der Waals surface area contributed by atoms with Crippen LogP contribution in [0.2, 0.25) is 5.02 Å². The average Bonchev–Trinajstić information content (AvgIpc) is 2.91. The zero-order chi connectivity index (χ0) is 24.7. The Bertz CT molecular complexity index is 1140. The molecule has 188 valence electrons. The Morgan fingerprint density at radius 2 is 1.56 bits per heavy atom. The maximum atomic E-state index is 12.9. The van der Waals surface area contributed by atoms with E-state index in [-0.39, 0.29) is 5.91 Å². The summed E-state index contributed by atoms with van der Waals surface area (Å²) in [6.45, 7) is 4.52. The van der Waals surface area contributed by atoms with E-state index in [1.54, 1.807) is 0 Å². The van der Waals surface area contributed by atoms with Gasteiger partial charge in [0.25, 0.3) is 0 Å². The normalized spacial score (nSPS) is 16.7. The summed E-state index contributed by atoms with van der Waals surface area (Å²) in [4.78, 5) is 17.3. The molecule has 0 unspecified atom stereocenters. The molecule has 2 aliphatic heterocycles. The summed E-state index contributed by atoms with van der Waals surface area (Å²) < 4.78 is 6.29. The number of carbonyl (C=O) groups excluding carboxylic acids is 1. The van der Waals surface area contributed by atoms with Gasteiger partial charge >= 0.3 is 0 Å². The molecule has 0 N–H and O–H groups in total. The summed E-state index contributed by atoms with van der Waals surface area (Å²) in [6, 6.07) is 24.8. The van der Waals surface area contributed by atoms with Gasteiger partial charge in [0.05, 0.1) is 18.8 Å². The van der Waals surface area contributed by atoms with Crippen LogP contribution in [-0.2, 0) is 24.2 Å². The van der Waals surface area contributed by atoms with Crippen LogP contribution in [0.5, 0.6) is 5.75 Å². The van der Waals surface area contributed by atoms with Crippen molar-refractivity contribution in [1.29, 1.82) is 0 Å². The molecule has 0 spiro atoms. The second-order valence-electron chi connectivity index (χ2n) is 10.0. The molecule has 0 aliphatic carbocycles. The summed E-state index contributed by atoms with van der Waals surface area (Å²) in [7, 11) is 0. The first-order valence-corrected chi connectivity index (χ1v) is 13.6. The summed E-state index contributed by atoms with van der Waals surface area (Å²) in [5.74, 6) is 1.67. The molecule has 3 aromatic rings. The monoisotopic (exact) mass is 502 g/mol. The largest absolute Gasteiger partial charge is 0.491 e. The standard InChI is InChI=1S/C31H35ClN2O2/c32-28-13-14-29(31-27(28)12-15-30(35)34(31)23-26-10-5-2-6-11-26)36-21-7-18-33-19-16-25(17-20-33)22-24-8-3-1-4-9-24/h1-6,8-11,13-14,25H,7,12,15-23H2. The molecule has 0 saturated carbocycles. The third-order valence-electron chi connectivity index (χ3n) is 7.48. The molecule has 2 aliphatic rings. The summed E-state index contributed by atoms with van der Waals surface area (Å²) in [6.07, 6.45) is 5.82. The summed E-state index contributed by atoms with van der Waals surface area (Å²) >= 11 is 6.56. The molecule has 0 bridgehead atoms. The summed E-state index contributed by atoms with van der Waals surface area (Å²) in [5.41, 5.74) is 4.42. The van der Waals surface area contributed by atoms with Crippen molar-refractivity contribution in [1.82, 2.24) is 4.90 Å². The van der Waals surface area contributed by atoms with Gasteiger partial charge < -0.3 is 14.5 Å². The zero-order valence-corrected chi connectivity index (χ0v) is 21.6. The molecule has 0 atom stereocenters. The van der Waals surface area contributed by atoms with E-state index < -0.39 is 0 Å². The molecule has 3 aromatic carbocycles. The Morgan fingerprint density at radius 3 is 2.28 bits per heavy atom. The first-order chi connectivity index (χ1) is 17.7. The number of nitrogens with zero attached hydrogens (tertiary/aromatic N) is 2. The minimum Gasteiger partial charge on any atom is -0.491 e. The number of piperidine rings is 1. The molecule has 4 nitrogen and oxygen atoms in total. The Balaban J connectivity index is 1.15.